The van der Waals surface area contributed by atoms with Crippen molar-refractivity contribution in [1.82, 2.24) is 4.72 Å². The Morgan fingerprint density at radius 1 is 1.52 bits per heavy atom. The molecule has 0 spiro atoms. The number of rotatable bonds is 4. The van der Waals surface area contributed by atoms with Gasteiger partial charge in [-0.2, -0.15) is 0 Å². The Labute approximate surface area is 125 Å². The van der Waals surface area contributed by atoms with Crippen molar-refractivity contribution in [1.29, 1.82) is 0 Å². The quantitative estimate of drug-likeness (QED) is 0.484. The number of nitro groups is 1. The van der Waals surface area contributed by atoms with E-state index in [-0.39, 0.29) is 22.5 Å². The predicted octanol–water partition coefficient (Wildman–Crippen LogP) is 1.29. The Hall–Kier alpha value is -1.87. The highest BCUT2D eigenvalue weighted by atomic mass is 35.5. The zero-order valence-corrected chi connectivity index (χ0v) is 12.4. The van der Waals surface area contributed by atoms with Gasteiger partial charge in [0.15, 0.2) is 0 Å². The third kappa shape index (κ3) is 3.08. The first-order valence-electron chi connectivity index (χ1n) is 5.93. The maximum atomic E-state index is 12.1. The number of carbonyl (C=O) groups is 1. The van der Waals surface area contributed by atoms with Gasteiger partial charge in [0.2, 0.25) is 5.91 Å². The maximum Gasteiger partial charge on any atom is 0.293 e. The maximum absolute atomic E-state index is 12.1. The predicted molar refractivity (Wildman–Crippen MR) is 75.1 cm³/mol. The second kappa shape index (κ2) is 5.15. The Morgan fingerprint density at radius 2 is 2.10 bits per heavy atom. The number of sulfonamides is 1. The van der Waals surface area contributed by atoms with E-state index in [1.165, 1.54) is 0 Å². The molecule has 0 bridgehead atoms. The summed E-state index contributed by atoms with van der Waals surface area (Å²) in [5, 5.41) is 10.5. The highest BCUT2D eigenvalue weighted by molar-refractivity contribution is 7.90. The summed E-state index contributed by atoms with van der Waals surface area (Å²) in [6, 6.07) is 1.71. The molecule has 0 aromatic heterocycles. The van der Waals surface area contributed by atoms with E-state index in [9.17, 15) is 23.3 Å². The lowest BCUT2D eigenvalue weighted by molar-refractivity contribution is -0.384. The molecule has 8 nitrogen and oxygen atoms in total. The zero-order valence-electron chi connectivity index (χ0n) is 10.9. The van der Waals surface area contributed by atoms with Crippen LogP contribution in [0.25, 0.3) is 0 Å². The van der Waals surface area contributed by atoms with Gasteiger partial charge in [0, 0.05) is 12.0 Å². The molecule has 0 radical (unpaired) electrons. The highest BCUT2D eigenvalue weighted by Crippen LogP contribution is 2.38. The molecule has 0 unspecified atom stereocenters. The number of anilines is 1. The Balaban J connectivity index is 2.37. The van der Waals surface area contributed by atoms with Crippen molar-refractivity contribution in [3.8, 4) is 0 Å². The minimum atomic E-state index is -4.28. The van der Waals surface area contributed by atoms with Crippen LogP contribution in [0.5, 0.6) is 0 Å². The second-order valence-electron chi connectivity index (χ2n) is 4.89. The van der Waals surface area contributed by atoms with Gasteiger partial charge in [0.05, 0.1) is 9.95 Å². The number of hydrogen-bond donors (Lipinski definition) is 2. The minimum absolute atomic E-state index is 0.122. The van der Waals surface area contributed by atoms with Crippen LogP contribution in [-0.2, 0) is 14.8 Å². The normalized spacial score (nSPS) is 20.9. The van der Waals surface area contributed by atoms with E-state index in [4.69, 9.17) is 17.3 Å². The van der Waals surface area contributed by atoms with Gasteiger partial charge in [-0.05, 0) is 18.4 Å². The first-order chi connectivity index (χ1) is 9.63. The van der Waals surface area contributed by atoms with Crippen molar-refractivity contribution >= 4 is 38.9 Å². The van der Waals surface area contributed by atoms with Gasteiger partial charge >= 0.3 is 0 Å². The molecule has 1 aromatic rings. The number of carbonyl (C=O) groups excluding carboxylic acids is 1. The molecule has 1 aromatic carbocycles. The molecule has 0 heterocycles. The van der Waals surface area contributed by atoms with Crippen LogP contribution >= 0.6 is 11.6 Å². The number of nitrogen functional groups attached to an aromatic ring is 1. The summed E-state index contributed by atoms with van der Waals surface area (Å²) in [6.07, 6.45) is 0.608. The molecule has 2 rings (SSSR count). The molecular weight excluding hydrogens is 322 g/mol. The smallest absolute Gasteiger partial charge is 0.293 e. The van der Waals surface area contributed by atoms with Gasteiger partial charge in [-0.1, -0.05) is 18.5 Å². The fourth-order valence-corrected chi connectivity index (χ4v) is 3.46. The molecule has 0 aliphatic heterocycles. The van der Waals surface area contributed by atoms with Gasteiger partial charge in [0.1, 0.15) is 10.6 Å². The largest absolute Gasteiger partial charge is 0.393 e. The van der Waals surface area contributed by atoms with E-state index in [2.05, 4.69) is 0 Å². The van der Waals surface area contributed by atoms with Crippen molar-refractivity contribution in [3.63, 3.8) is 0 Å². The van der Waals surface area contributed by atoms with Crippen molar-refractivity contribution in [2.24, 2.45) is 11.8 Å². The standard InChI is InChI=1S/C11H12ClN3O5S/c1-5-2-6(5)11(16)14-21(19,20)10-4-9(15(17)18)8(13)3-7(10)12/h3-6H,2,13H2,1H3,(H,14,16)/t5-,6+/m0/s1. The number of halogens is 1. The highest BCUT2D eigenvalue weighted by Gasteiger charge is 2.41. The molecule has 2 atom stereocenters. The van der Waals surface area contributed by atoms with Crippen LogP contribution in [0.2, 0.25) is 5.02 Å². The van der Waals surface area contributed by atoms with Crippen molar-refractivity contribution in [3.05, 3.63) is 27.3 Å². The average molecular weight is 334 g/mol. The minimum Gasteiger partial charge on any atom is -0.393 e. The van der Waals surface area contributed by atoms with Crippen LogP contribution in [0.3, 0.4) is 0 Å². The molecule has 1 amide bonds. The van der Waals surface area contributed by atoms with Crippen LogP contribution in [0, 0.1) is 22.0 Å². The molecular formula is C11H12ClN3O5S. The summed E-state index contributed by atoms with van der Waals surface area (Å²) in [7, 11) is -4.28. The monoisotopic (exact) mass is 333 g/mol. The summed E-state index contributed by atoms with van der Waals surface area (Å²) in [5.74, 6) is -0.878. The molecule has 1 saturated carbocycles. The lowest BCUT2D eigenvalue weighted by atomic mass is 10.3. The molecule has 1 aliphatic carbocycles. The second-order valence-corrected chi connectivity index (χ2v) is 6.95. The third-order valence-corrected chi connectivity index (χ3v) is 5.06. The Kier molecular flexibility index (Phi) is 3.81. The Bertz CT molecular complexity index is 734. The number of benzene rings is 1. The summed E-state index contributed by atoms with van der Waals surface area (Å²) in [4.78, 5) is 21.1. The fraction of sp³-hybridized carbons (Fsp3) is 0.364. The van der Waals surface area contributed by atoms with Crippen molar-refractivity contribution < 1.29 is 18.1 Å². The van der Waals surface area contributed by atoms with Gasteiger partial charge in [-0.25, -0.2) is 13.1 Å². The van der Waals surface area contributed by atoms with Gasteiger partial charge in [-0.3, -0.25) is 14.9 Å². The lowest BCUT2D eigenvalue weighted by Crippen LogP contribution is -2.32. The first kappa shape index (κ1) is 15.5. The van der Waals surface area contributed by atoms with E-state index < -0.39 is 31.4 Å². The fourth-order valence-electron chi connectivity index (χ4n) is 1.87. The molecule has 10 heteroatoms. The van der Waals surface area contributed by atoms with Crippen LogP contribution in [-0.4, -0.2) is 19.2 Å². The first-order valence-corrected chi connectivity index (χ1v) is 7.79. The number of amides is 1. The summed E-state index contributed by atoms with van der Waals surface area (Å²) < 4.78 is 26.1. The molecule has 21 heavy (non-hydrogen) atoms. The van der Waals surface area contributed by atoms with Crippen molar-refractivity contribution in [2.45, 2.75) is 18.2 Å². The molecule has 0 saturated heterocycles. The topological polar surface area (TPSA) is 132 Å². The van der Waals surface area contributed by atoms with E-state index in [0.717, 1.165) is 12.1 Å². The summed E-state index contributed by atoms with van der Waals surface area (Å²) in [5.41, 5.74) is 4.55. The molecule has 114 valence electrons. The van der Waals surface area contributed by atoms with E-state index in [0.29, 0.717) is 6.42 Å². The number of nitrogens with two attached hydrogens (primary N) is 1. The SMILES string of the molecule is C[C@H]1C[C@H]1C(=O)NS(=O)(=O)c1cc([N+](=O)[O-])c(N)cc1Cl. The van der Waals surface area contributed by atoms with Gasteiger partial charge in [-0.15, -0.1) is 0 Å². The average Bonchev–Trinajstić information content (AvgIpc) is 3.04. The van der Waals surface area contributed by atoms with Gasteiger partial charge < -0.3 is 5.73 Å². The molecule has 1 aliphatic rings. The van der Waals surface area contributed by atoms with Crippen molar-refractivity contribution in [2.75, 3.05) is 5.73 Å². The molecule has 1 fully saturated rings. The number of nitrogens with zero attached hydrogens (tertiary/aromatic N) is 1. The number of nitro benzene ring substituents is 1. The van der Waals surface area contributed by atoms with E-state index >= 15 is 0 Å². The lowest BCUT2D eigenvalue weighted by Gasteiger charge is -2.09. The number of hydrogen-bond acceptors (Lipinski definition) is 6. The third-order valence-electron chi connectivity index (χ3n) is 3.25. The number of nitrogens with one attached hydrogen (secondary N) is 1. The van der Waals surface area contributed by atoms with Gasteiger partial charge in [0.25, 0.3) is 15.7 Å². The zero-order chi connectivity index (χ0) is 15.9. The Morgan fingerprint density at radius 3 is 2.57 bits per heavy atom. The summed E-state index contributed by atoms with van der Waals surface area (Å²) in [6.45, 7) is 1.82. The van der Waals surface area contributed by atoms with Crippen LogP contribution in [0.4, 0.5) is 11.4 Å². The van der Waals surface area contributed by atoms with Crippen LogP contribution < -0.4 is 10.5 Å². The molecule has 3 N–H and O–H groups in total. The van der Waals surface area contributed by atoms with Crippen LogP contribution in [0.1, 0.15) is 13.3 Å². The van der Waals surface area contributed by atoms with E-state index in [1.54, 1.807) is 0 Å². The van der Waals surface area contributed by atoms with E-state index in [1.807, 2.05) is 11.6 Å². The summed E-state index contributed by atoms with van der Waals surface area (Å²) >= 11 is 5.76. The van der Waals surface area contributed by atoms with Crippen LogP contribution in [0.15, 0.2) is 17.0 Å².